The third-order valence-electron chi connectivity index (χ3n) is 8.67. The molecule has 57 heavy (non-hydrogen) atoms. The molecule has 16 heteroatoms. The van der Waals surface area contributed by atoms with Gasteiger partial charge in [-0.25, -0.2) is 0 Å². The van der Waals surface area contributed by atoms with Gasteiger partial charge in [0.2, 0.25) is 29.5 Å². The van der Waals surface area contributed by atoms with Crippen LogP contribution in [0.2, 0.25) is 5.02 Å². The molecule has 4 rings (SSSR count). The number of nitrogens with one attached hydrogen (secondary N) is 5. The summed E-state index contributed by atoms with van der Waals surface area (Å²) in [6.07, 6.45) is -5.78. The molecular weight excluding hydrogens is 767 g/mol. The molecule has 0 heterocycles. The van der Waals surface area contributed by atoms with Crippen LogP contribution in [0.5, 0.6) is 0 Å². The van der Waals surface area contributed by atoms with Crippen molar-refractivity contribution in [1.29, 1.82) is 0 Å². The van der Waals surface area contributed by atoms with Gasteiger partial charge in [0.25, 0.3) is 0 Å². The standard InChI is InChI=1S/C41H41ClF3N5O7/c1-25(40(56)57)46-37(53)32(22-26-10-4-2-5-11-26)49-38(54)33(23-27-16-18-29(19-17-27)41(43,44)45)50-39(55)34(24-28-12-8-9-15-31(28)42)48-36(52)21-20-35(51)47-30-13-6-3-7-14-30/h2-19,25,32-34H,20-24H2,1H3,(H,46,53)(H,47,51)(H,48,52)(H,49,54)(H,50,55)(H,56,57)/t25-,32+,33-,34+/m0/s1. The fraction of sp³-hybridized carbons (Fsp3) is 0.268. The van der Waals surface area contributed by atoms with Gasteiger partial charge in [0.05, 0.1) is 5.56 Å². The van der Waals surface area contributed by atoms with Crippen molar-refractivity contribution in [2.75, 3.05) is 5.32 Å². The lowest BCUT2D eigenvalue weighted by Gasteiger charge is -2.26. The first kappa shape index (κ1) is 43.5. The van der Waals surface area contributed by atoms with Crippen molar-refractivity contribution in [3.63, 3.8) is 0 Å². The van der Waals surface area contributed by atoms with Gasteiger partial charge < -0.3 is 31.7 Å². The first-order chi connectivity index (χ1) is 27.1. The number of carbonyl (C=O) groups is 6. The number of aliphatic carboxylic acids is 1. The molecule has 0 aliphatic rings. The van der Waals surface area contributed by atoms with E-state index >= 15 is 0 Å². The van der Waals surface area contributed by atoms with Gasteiger partial charge in [0, 0.05) is 42.8 Å². The Balaban J connectivity index is 1.60. The molecule has 0 saturated carbocycles. The molecule has 12 nitrogen and oxygen atoms in total. The molecule has 0 aliphatic heterocycles. The summed E-state index contributed by atoms with van der Waals surface area (Å²) in [6.45, 7) is 1.23. The molecule has 0 spiro atoms. The lowest BCUT2D eigenvalue weighted by molar-refractivity contribution is -0.141. The normalized spacial score (nSPS) is 13.2. The van der Waals surface area contributed by atoms with Crippen molar-refractivity contribution in [2.45, 2.75) is 69.4 Å². The molecule has 5 amide bonds. The van der Waals surface area contributed by atoms with Crippen LogP contribution >= 0.6 is 11.6 Å². The lowest BCUT2D eigenvalue weighted by Crippen LogP contribution is -2.58. The van der Waals surface area contributed by atoms with Gasteiger partial charge in [-0.05, 0) is 53.9 Å². The smallest absolute Gasteiger partial charge is 0.416 e. The van der Waals surface area contributed by atoms with E-state index in [1.54, 1.807) is 84.9 Å². The average molecular weight is 808 g/mol. The summed E-state index contributed by atoms with van der Waals surface area (Å²) < 4.78 is 40.1. The van der Waals surface area contributed by atoms with E-state index in [1.807, 2.05) is 0 Å². The zero-order valence-corrected chi connectivity index (χ0v) is 31.4. The molecule has 0 unspecified atom stereocenters. The van der Waals surface area contributed by atoms with Gasteiger partial charge in [-0.1, -0.05) is 90.5 Å². The molecule has 0 fully saturated rings. The van der Waals surface area contributed by atoms with Crippen LogP contribution in [0, 0.1) is 0 Å². The first-order valence-electron chi connectivity index (χ1n) is 17.8. The summed E-state index contributed by atoms with van der Waals surface area (Å²) in [5.41, 5.74) is 0.851. The van der Waals surface area contributed by atoms with Crippen molar-refractivity contribution >= 4 is 52.8 Å². The van der Waals surface area contributed by atoms with Gasteiger partial charge in [0.1, 0.15) is 24.2 Å². The largest absolute Gasteiger partial charge is 0.480 e. The Morgan fingerprint density at radius 2 is 1.07 bits per heavy atom. The zero-order chi connectivity index (χ0) is 41.5. The summed E-state index contributed by atoms with van der Waals surface area (Å²) in [5, 5.41) is 22.4. The van der Waals surface area contributed by atoms with Gasteiger partial charge in [-0.3, -0.25) is 28.8 Å². The van der Waals surface area contributed by atoms with Crippen molar-refractivity contribution in [2.24, 2.45) is 0 Å². The average Bonchev–Trinajstić information content (AvgIpc) is 3.17. The lowest BCUT2D eigenvalue weighted by atomic mass is 10.00. The highest BCUT2D eigenvalue weighted by Gasteiger charge is 2.33. The van der Waals surface area contributed by atoms with E-state index in [-0.39, 0.29) is 42.7 Å². The van der Waals surface area contributed by atoms with Crippen LogP contribution in [0.3, 0.4) is 0 Å². The van der Waals surface area contributed by atoms with E-state index in [0.29, 0.717) is 16.8 Å². The van der Waals surface area contributed by atoms with Crippen LogP contribution in [-0.2, 0) is 54.2 Å². The van der Waals surface area contributed by atoms with Crippen LogP contribution in [0.25, 0.3) is 0 Å². The summed E-state index contributed by atoms with van der Waals surface area (Å²) in [4.78, 5) is 78.7. The number of anilines is 1. The van der Waals surface area contributed by atoms with E-state index in [2.05, 4.69) is 26.6 Å². The minimum Gasteiger partial charge on any atom is -0.480 e. The molecule has 4 aromatic rings. The zero-order valence-electron chi connectivity index (χ0n) is 30.6. The van der Waals surface area contributed by atoms with Crippen LogP contribution in [0.1, 0.15) is 42.0 Å². The van der Waals surface area contributed by atoms with E-state index in [9.17, 15) is 47.0 Å². The number of carboxylic acids is 1. The maximum atomic E-state index is 14.1. The second-order valence-corrected chi connectivity index (χ2v) is 13.5. The predicted octanol–water partition coefficient (Wildman–Crippen LogP) is 4.85. The highest BCUT2D eigenvalue weighted by molar-refractivity contribution is 6.31. The minimum absolute atomic E-state index is 0.0886. The van der Waals surface area contributed by atoms with Crippen molar-refractivity contribution in [3.8, 4) is 0 Å². The van der Waals surface area contributed by atoms with Crippen LogP contribution in [0.15, 0.2) is 109 Å². The summed E-state index contributed by atoms with van der Waals surface area (Å²) in [5.74, 6) is -5.12. The molecule has 4 atom stereocenters. The molecule has 300 valence electrons. The second-order valence-electron chi connectivity index (χ2n) is 13.1. The van der Waals surface area contributed by atoms with Crippen LogP contribution in [0.4, 0.5) is 18.9 Å². The van der Waals surface area contributed by atoms with Crippen LogP contribution in [-0.4, -0.2) is 64.8 Å². The minimum atomic E-state index is -4.64. The number of alkyl halides is 3. The third-order valence-corrected chi connectivity index (χ3v) is 9.04. The third kappa shape index (κ3) is 14.1. The highest BCUT2D eigenvalue weighted by Crippen LogP contribution is 2.29. The van der Waals surface area contributed by atoms with Crippen molar-refractivity contribution < 1.29 is 47.0 Å². The number of carbonyl (C=O) groups excluding carboxylic acids is 5. The van der Waals surface area contributed by atoms with E-state index in [1.165, 1.54) is 6.92 Å². The Bertz CT molecular complexity index is 2020. The van der Waals surface area contributed by atoms with Gasteiger partial charge in [-0.2, -0.15) is 13.2 Å². The Kier molecular flexibility index (Phi) is 15.7. The van der Waals surface area contributed by atoms with E-state index < -0.39 is 71.4 Å². The van der Waals surface area contributed by atoms with Crippen LogP contribution < -0.4 is 26.6 Å². The van der Waals surface area contributed by atoms with Gasteiger partial charge in [-0.15, -0.1) is 0 Å². The molecule has 0 saturated heterocycles. The molecule has 0 aromatic heterocycles. The first-order valence-corrected chi connectivity index (χ1v) is 18.2. The highest BCUT2D eigenvalue weighted by atomic mass is 35.5. The Hall–Kier alpha value is -6.22. The summed E-state index contributed by atoms with van der Waals surface area (Å²) >= 11 is 6.39. The number of rotatable bonds is 18. The van der Waals surface area contributed by atoms with E-state index in [4.69, 9.17) is 11.6 Å². The maximum Gasteiger partial charge on any atom is 0.416 e. The van der Waals surface area contributed by atoms with Gasteiger partial charge in [0.15, 0.2) is 0 Å². The second kappa shape index (κ2) is 20.6. The maximum absolute atomic E-state index is 14.1. The number of amides is 5. The predicted molar refractivity (Wildman–Crippen MR) is 206 cm³/mol. The SMILES string of the molecule is C[C@H](NC(=O)[C@@H](Cc1ccccc1)NC(=O)[C@H](Cc1ccc(C(F)(F)F)cc1)NC(=O)[C@@H](Cc1ccccc1Cl)NC(=O)CCC(=O)Nc1ccccc1)C(=O)O. The molecule has 4 aromatic carbocycles. The number of halogens is 4. The topological polar surface area (TPSA) is 183 Å². The quantitative estimate of drug-likeness (QED) is 0.0831. The molecule has 0 aliphatic carbocycles. The summed E-state index contributed by atoms with van der Waals surface area (Å²) in [6, 6.07) is 21.9. The number of carboxylic acid groups (broad SMARTS) is 1. The number of hydrogen-bond acceptors (Lipinski definition) is 6. The van der Waals surface area contributed by atoms with Gasteiger partial charge >= 0.3 is 12.1 Å². The fourth-order valence-corrected chi connectivity index (χ4v) is 5.80. The Morgan fingerprint density at radius 3 is 1.61 bits per heavy atom. The molecule has 0 radical (unpaired) electrons. The molecular formula is C41H41ClF3N5O7. The Labute approximate surface area is 331 Å². The number of para-hydroxylation sites is 1. The monoisotopic (exact) mass is 807 g/mol. The van der Waals surface area contributed by atoms with Crippen molar-refractivity contribution in [3.05, 3.63) is 136 Å². The number of hydrogen-bond donors (Lipinski definition) is 6. The van der Waals surface area contributed by atoms with E-state index in [0.717, 1.165) is 24.3 Å². The molecule has 0 bridgehead atoms. The fourth-order valence-electron chi connectivity index (χ4n) is 5.59. The number of benzene rings is 4. The Morgan fingerprint density at radius 1 is 0.596 bits per heavy atom. The van der Waals surface area contributed by atoms with Crippen molar-refractivity contribution in [1.82, 2.24) is 21.3 Å². The summed E-state index contributed by atoms with van der Waals surface area (Å²) in [7, 11) is 0. The molecule has 6 N–H and O–H groups in total.